The lowest BCUT2D eigenvalue weighted by Gasteiger charge is -2.33. The van der Waals surface area contributed by atoms with Crippen LogP contribution in [0.2, 0.25) is 0 Å². The second-order valence-electron chi connectivity index (χ2n) is 4.58. The molecule has 108 valence electrons. The summed E-state index contributed by atoms with van der Waals surface area (Å²) in [4.78, 5) is 6.47. The van der Waals surface area contributed by atoms with Crippen LogP contribution in [-0.4, -0.2) is 59.0 Å². The highest BCUT2D eigenvalue weighted by Crippen LogP contribution is 2.16. The van der Waals surface area contributed by atoms with Crippen molar-refractivity contribution in [2.45, 2.75) is 11.6 Å². The molecule has 0 unspecified atom stereocenters. The number of piperazine rings is 1. The number of nitrogens with zero attached hydrogens (tertiary/aromatic N) is 4. The number of aromatic amines is 1. The Morgan fingerprint density at radius 1 is 1.30 bits per heavy atom. The lowest BCUT2D eigenvalue weighted by Crippen LogP contribution is -2.48. The molecule has 1 fully saturated rings. The van der Waals surface area contributed by atoms with E-state index in [1.54, 1.807) is 11.3 Å². The first kappa shape index (κ1) is 13.7. The van der Waals surface area contributed by atoms with E-state index in [-0.39, 0.29) is 5.03 Å². The molecule has 7 nitrogen and oxygen atoms in total. The topological polar surface area (TPSA) is 82.2 Å². The van der Waals surface area contributed by atoms with E-state index in [1.807, 2.05) is 10.9 Å². The minimum absolute atomic E-state index is 0.158. The Bertz CT molecular complexity index is 630. The van der Waals surface area contributed by atoms with Crippen molar-refractivity contribution in [3.63, 3.8) is 0 Å². The van der Waals surface area contributed by atoms with Crippen LogP contribution in [0, 0.1) is 0 Å². The highest BCUT2D eigenvalue weighted by molar-refractivity contribution is 7.89. The van der Waals surface area contributed by atoms with Gasteiger partial charge in [0.2, 0.25) is 0 Å². The Labute approximate surface area is 121 Å². The number of hydrogen-bond acceptors (Lipinski definition) is 6. The van der Waals surface area contributed by atoms with Crippen molar-refractivity contribution in [1.29, 1.82) is 0 Å². The molecule has 0 amide bonds. The second-order valence-corrected chi connectivity index (χ2v) is 7.21. The average molecular weight is 313 g/mol. The molecule has 1 N–H and O–H groups in total. The van der Waals surface area contributed by atoms with Crippen LogP contribution in [0.25, 0.3) is 0 Å². The highest BCUT2D eigenvalue weighted by atomic mass is 32.2. The van der Waals surface area contributed by atoms with Crippen molar-refractivity contribution in [3.8, 4) is 0 Å². The van der Waals surface area contributed by atoms with Gasteiger partial charge in [-0.1, -0.05) is 0 Å². The van der Waals surface area contributed by atoms with Crippen LogP contribution >= 0.6 is 11.3 Å². The smallest absolute Gasteiger partial charge is 0.260 e. The minimum Gasteiger partial charge on any atom is -0.295 e. The van der Waals surface area contributed by atoms with Gasteiger partial charge in [0, 0.05) is 38.1 Å². The second kappa shape index (κ2) is 5.60. The number of H-pyrrole nitrogens is 1. The van der Waals surface area contributed by atoms with E-state index < -0.39 is 10.0 Å². The molecule has 3 heterocycles. The molecule has 0 bridgehead atoms. The van der Waals surface area contributed by atoms with E-state index >= 15 is 0 Å². The molecular weight excluding hydrogens is 298 g/mol. The van der Waals surface area contributed by atoms with Crippen LogP contribution in [0.5, 0.6) is 0 Å². The van der Waals surface area contributed by atoms with Crippen molar-refractivity contribution in [2.75, 3.05) is 26.2 Å². The van der Waals surface area contributed by atoms with Gasteiger partial charge in [0.05, 0.1) is 17.4 Å². The molecule has 2 aromatic heterocycles. The summed E-state index contributed by atoms with van der Waals surface area (Å²) < 4.78 is 26.1. The normalized spacial score (nSPS) is 18.4. The standard InChI is InChI=1S/C11H15N5O2S2/c17-20(18,11-1-2-13-14-11)16-5-3-15(4-6-16)7-10-8-19-9-12-10/h1-2,8-9H,3-7H2,(H,13,14). The SMILES string of the molecule is O=S(=O)(c1ccn[nH]1)N1CCN(Cc2cscn2)CC1. The fraction of sp³-hybridized carbons (Fsp3) is 0.455. The summed E-state index contributed by atoms with van der Waals surface area (Å²) in [5, 5.41) is 8.40. The van der Waals surface area contributed by atoms with E-state index in [4.69, 9.17) is 0 Å². The van der Waals surface area contributed by atoms with Gasteiger partial charge >= 0.3 is 0 Å². The van der Waals surface area contributed by atoms with Crippen molar-refractivity contribution in [3.05, 3.63) is 28.8 Å². The number of nitrogens with one attached hydrogen (secondary N) is 1. The van der Waals surface area contributed by atoms with Gasteiger partial charge in [-0.05, 0) is 6.07 Å². The van der Waals surface area contributed by atoms with Crippen molar-refractivity contribution in [2.24, 2.45) is 0 Å². The van der Waals surface area contributed by atoms with E-state index in [2.05, 4.69) is 20.1 Å². The lowest BCUT2D eigenvalue weighted by molar-refractivity contribution is 0.180. The van der Waals surface area contributed by atoms with Crippen molar-refractivity contribution < 1.29 is 8.42 Å². The third-order valence-electron chi connectivity index (χ3n) is 3.29. The third-order valence-corrected chi connectivity index (χ3v) is 5.76. The number of sulfonamides is 1. The molecule has 0 atom stereocenters. The molecule has 1 saturated heterocycles. The van der Waals surface area contributed by atoms with Crippen LogP contribution in [-0.2, 0) is 16.6 Å². The van der Waals surface area contributed by atoms with Gasteiger partial charge in [0.25, 0.3) is 10.0 Å². The minimum atomic E-state index is -3.43. The molecular formula is C11H15N5O2S2. The number of thiazole rings is 1. The fourth-order valence-electron chi connectivity index (χ4n) is 2.20. The average Bonchev–Trinajstić information content (AvgIpc) is 3.12. The molecule has 1 aliphatic rings. The maximum Gasteiger partial charge on any atom is 0.260 e. The quantitative estimate of drug-likeness (QED) is 0.882. The zero-order valence-electron chi connectivity index (χ0n) is 10.8. The molecule has 0 spiro atoms. The highest BCUT2D eigenvalue weighted by Gasteiger charge is 2.29. The van der Waals surface area contributed by atoms with Gasteiger partial charge in [-0.15, -0.1) is 11.3 Å². The van der Waals surface area contributed by atoms with Crippen molar-refractivity contribution in [1.82, 2.24) is 24.4 Å². The number of hydrogen-bond donors (Lipinski definition) is 1. The van der Waals surface area contributed by atoms with Crippen LogP contribution in [0.4, 0.5) is 0 Å². The summed E-state index contributed by atoms with van der Waals surface area (Å²) in [5.74, 6) is 0. The zero-order valence-corrected chi connectivity index (χ0v) is 12.4. The molecule has 0 radical (unpaired) electrons. The van der Waals surface area contributed by atoms with Crippen LogP contribution in [0.1, 0.15) is 5.69 Å². The monoisotopic (exact) mass is 313 g/mol. The zero-order chi connectivity index (χ0) is 14.0. The number of aromatic nitrogens is 3. The largest absolute Gasteiger partial charge is 0.295 e. The molecule has 2 aromatic rings. The van der Waals surface area contributed by atoms with Crippen LogP contribution in [0.15, 0.2) is 28.2 Å². The maximum atomic E-state index is 12.3. The first-order valence-corrected chi connectivity index (χ1v) is 8.63. The molecule has 1 aliphatic heterocycles. The molecule has 0 saturated carbocycles. The third kappa shape index (κ3) is 2.75. The van der Waals surface area contributed by atoms with Gasteiger partial charge in [-0.3, -0.25) is 10.00 Å². The molecule has 0 aliphatic carbocycles. The summed E-state index contributed by atoms with van der Waals surface area (Å²) in [5.41, 5.74) is 2.86. The van der Waals surface area contributed by atoms with E-state index in [0.29, 0.717) is 26.2 Å². The molecule has 20 heavy (non-hydrogen) atoms. The Hall–Kier alpha value is -1.29. The van der Waals surface area contributed by atoms with Crippen LogP contribution in [0.3, 0.4) is 0 Å². The lowest BCUT2D eigenvalue weighted by atomic mass is 10.3. The maximum absolute atomic E-state index is 12.3. The van der Waals surface area contributed by atoms with E-state index in [9.17, 15) is 8.42 Å². The Morgan fingerprint density at radius 3 is 2.70 bits per heavy atom. The van der Waals surface area contributed by atoms with Gasteiger partial charge in [0.15, 0.2) is 5.03 Å². The summed E-state index contributed by atoms with van der Waals surface area (Å²) in [6.45, 7) is 3.19. The molecule has 0 aromatic carbocycles. The predicted molar refractivity (Wildman–Crippen MR) is 74.7 cm³/mol. The van der Waals surface area contributed by atoms with Gasteiger partial charge in [-0.25, -0.2) is 13.4 Å². The van der Waals surface area contributed by atoms with E-state index in [0.717, 1.165) is 12.2 Å². The summed E-state index contributed by atoms with van der Waals surface area (Å²) in [6, 6.07) is 1.48. The number of rotatable bonds is 4. The van der Waals surface area contributed by atoms with Gasteiger partial charge in [0.1, 0.15) is 0 Å². The molecule has 3 rings (SSSR count). The van der Waals surface area contributed by atoms with E-state index in [1.165, 1.54) is 16.6 Å². The Balaban J connectivity index is 1.61. The van der Waals surface area contributed by atoms with Gasteiger partial charge in [-0.2, -0.15) is 9.40 Å². The Morgan fingerprint density at radius 2 is 2.10 bits per heavy atom. The van der Waals surface area contributed by atoms with Gasteiger partial charge < -0.3 is 0 Å². The molecule has 9 heteroatoms. The Kier molecular flexibility index (Phi) is 3.83. The fourth-order valence-corrected chi connectivity index (χ4v) is 4.07. The predicted octanol–water partition coefficient (Wildman–Crippen LogP) is 0.373. The summed E-state index contributed by atoms with van der Waals surface area (Å²) in [7, 11) is -3.43. The summed E-state index contributed by atoms with van der Waals surface area (Å²) >= 11 is 1.58. The first-order valence-electron chi connectivity index (χ1n) is 6.25. The first-order chi connectivity index (χ1) is 9.66. The van der Waals surface area contributed by atoms with Crippen molar-refractivity contribution >= 4 is 21.4 Å². The summed E-state index contributed by atoms with van der Waals surface area (Å²) in [6.07, 6.45) is 1.45. The van der Waals surface area contributed by atoms with Crippen LogP contribution < -0.4 is 0 Å².